The van der Waals surface area contributed by atoms with Gasteiger partial charge in [0.15, 0.2) is 15.8 Å². The molecule has 1 aromatic carbocycles. The highest BCUT2D eigenvalue weighted by atomic mass is 32.2. The lowest BCUT2D eigenvalue weighted by molar-refractivity contribution is 0.152. The molecule has 0 saturated carbocycles. The van der Waals surface area contributed by atoms with Crippen molar-refractivity contribution >= 4 is 15.8 Å². The molecule has 0 aromatic heterocycles. The number of hydrogen-bond acceptors (Lipinski definition) is 4. The molecule has 1 N–H and O–H groups in total. The molecule has 0 radical (unpaired) electrons. The van der Waals surface area contributed by atoms with Gasteiger partial charge in [0.1, 0.15) is 0 Å². The van der Waals surface area contributed by atoms with E-state index in [0.29, 0.717) is 25.7 Å². The molecule has 0 bridgehead atoms. The molecule has 0 spiro atoms. The predicted octanol–water partition coefficient (Wildman–Crippen LogP) is 3.04. The fraction of sp³-hybridized carbons (Fsp3) is 0.696. The highest BCUT2D eigenvalue weighted by Gasteiger charge is 2.40. The van der Waals surface area contributed by atoms with Crippen LogP contribution in [0.5, 0.6) is 0 Å². The molecule has 1 unspecified atom stereocenters. The van der Waals surface area contributed by atoms with Crippen molar-refractivity contribution in [2.75, 3.05) is 31.9 Å². The van der Waals surface area contributed by atoms with Crippen molar-refractivity contribution in [3.63, 3.8) is 0 Å². The maximum Gasteiger partial charge on any atom is 0.194 e. The first-order valence-electron chi connectivity index (χ1n) is 11.3. The molecular weight excluding hydrogens is 396 g/mol. The third kappa shape index (κ3) is 5.55. The Balaban J connectivity index is 1.63. The van der Waals surface area contributed by atoms with Gasteiger partial charge in [0, 0.05) is 32.2 Å². The SMILES string of the molecule is CCNC(=NCc1ccc(CN2CCCCC2C)cc1)N1CCS(=O)(=O)C(C)(C)C1. The van der Waals surface area contributed by atoms with Crippen LogP contribution in [0, 0.1) is 0 Å². The molecule has 3 rings (SSSR count). The van der Waals surface area contributed by atoms with Crippen molar-refractivity contribution in [2.24, 2.45) is 4.99 Å². The van der Waals surface area contributed by atoms with Crippen LogP contribution in [0.2, 0.25) is 0 Å². The molecule has 0 aliphatic carbocycles. The highest BCUT2D eigenvalue weighted by molar-refractivity contribution is 7.92. The predicted molar refractivity (Wildman–Crippen MR) is 124 cm³/mol. The minimum Gasteiger partial charge on any atom is -0.357 e. The highest BCUT2D eigenvalue weighted by Crippen LogP contribution is 2.24. The molecule has 0 amide bonds. The van der Waals surface area contributed by atoms with Crippen molar-refractivity contribution in [1.82, 2.24) is 15.1 Å². The maximum absolute atomic E-state index is 12.3. The lowest BCUT2D eigenvalue weighted by Crippen LogP contribution is -2.57. The lowest BCUT2D eigenvalue weighted by Gasteiger charge is -2.39. The summed E-state index contributed by atoms with van der Waals surface area (Å²) in [5, 5.41) is 3.33. The molecule has 168 valence electrons. The number of nitrogens with zero attached hydrogens (tertiary/aromatic N) is 3. The molecule has 2 heterocycles. The Morgan fingerprint density at radius 1 is 1.17 bits per heavy atom. The van der Waals surface area contributed by atoms with E-state index in [1.165, 1.54) is 36.9 Å². The van der Waals surface area contributed by atoms with Crippen molar-refractivity contribution in [1.29, 1.82) is 0 Å². The summed E-state index contributed by atoms with van der Waals surface area (Å²) in [7, 11) is -3.06. The van der Waals surface area contributed by atoms with Gasteiger partial charge in [-0.25, -0.2) is 13.4 Å². The van der Waals surface area contributed by atoms with Gasteiger partial charge in [-0.15, -0.1) is 0 Å². The van der Waals surface area contributed by atoms with Crippen LogP contribution in [0.1, 0.15) is 58.1 Å². The van der Waals surface area contributed by atoms with E-state index in [1.807, 2.05) is 6.92 Å². The Kier molecular flexibility index (Phi) is 7.45. The molecule has 2 aliphatic rings. The fourth-order valence-electron chi connectivity index (χ4n) is 4.29. The van der Waals surface area contributed by atoms with E-state index in [4.69, 9.17) is 4.99 Å². The summed E-state index contributed by atoms with van der Waals surface area (Å²) in [5.41, 5.74) is 2.52. The average Bonchev–Trinajstić information content (AvgIpc) is 2.70. The van der Waals surface area contributed by atoms with Gasteiger partial charge in [0.05, 0.1) is 17.0 Å². The van der Waals surface area contributed by atoms with Crippen LogP contribution in [0.15, 0.2) is 29.3 Å². The zero-order chi connectivity index (χ0) is 21.8. The van der Waals surface area contributed by atoms with Gasteiger partial charge in [0.2, 0.25) is 0 Å². The third-order valence-corrected chi connectivity index (χ3v) is 8.97. The average molecular weight is 435 g/mol. The largest absolute Gasteiger partial charge is 0.357 e. The van der Waals surface area contributed by atoms with E-state index in [9.17, 15) is 8.42 Å². The fourth-order valence-corrected chi connectivity index (χ4v) is 5.66. The molecule has 1 aromatic rings. The van der Waals surface area contributed by atoms with Gasteiger partial charge < -0.3 is 10.2 Å². The van der Waals surface area contributed by atoms with Gasteiger partial charge in [-0.1, -0.05) is 30.7 Å². The first kappa shape index (κ1) is 23.1. The van der Waals surface area contributed by atoms with Crippen LogP contribution in [-0.4, -0.2) is 66.9 Å². The Labute approximate surface area is 182 Å². The molecule has 30 heavy (non-hydrogen) atoms. The zero-order valence-electron chi connectivity index (χ0n) is 19.0. The number of hydrogen-bond donors (Lipinski definition) is 1. The normalized spacial score (nSPS) is 24.6. The Morgan fingerprint density at radius 2 is 1.87 bits per heavy atom. The molecular formula is C23H38N4O2S. The number of rotatable bonds is 5. The summed E-state index contributed by atoms with van der Waals surface area (Å²) in [5.74, 6) is 0.973. The second-order valence-corrected chi connectivity index (χ2v) is 12.0. The van der Waals surface area contributed by atoms with E-state index >= 15 is 0 Å². The number of aliphatic imine (C=N–C) groups is 1. The molecule has 2 saturated heterocycles. The van der Waals surface area contributed by atoms with E-state index in [2.05, 4.69) is 46.3 Å². The van der Waals surface area contributed by atoms with Gasteiger partial charge >= 0.3 is 0 Å². The summed E-state index contributed by atoms with van der Waals surface area (Å²) >= 11 is 0. The van der Waals surface area contributed by atoms with Crippen LogP contribution in [0.3, 0.4) is 0 Å². The number of piperidine rings is 1. The van der Waals surface area contributed by atoms with Gasteiger partial charge in [-0.3, -0.25) is 4.90 Å². The van der Waals surface area contributed by atoms with Gasteiger partial charge in [-0.2, -0.15) is 0 Å². The van der Waals surface area contributed by atoms with E-state index in [0.717, 1.165) is 19.0 Å². The van der Waals surface area contributed by atoms with Crippen molar-refractivity contribution < 1.29 is 8.42 Å². The first-order chi connectivity index (χ1) is 14.2. The quantitative estimate of drug-likeness (QED) is 0.570. The summed E-state index contributed by atoms with van der Waals surface area (Å²) in [4.78, 5) is 9.46. The number of guanidine groups is 1. The standard InChI is InChI=1S/C23H38N4O2S/c1-5-24-22(27-14-15-30(28,29)23(3,4)18-27)25-16-20-9-11-21(12-10-20)17-26-13-7-6-8-19(26)2/h9-12,19H,5-8,13-18H2,1-4H3,(H,24,25). The van der Waals surface area contributed by atoms with E-state index < -0.39 is 14.6 Å². The topological polar surface area (TPSA) is 65.0 Å². The Bertz CT molecular complexity index is 833. The molecule has 7 heteroatoms. The van der Waals surface area contributed by atoms with Crippen molar-refractivity contribution in [3.05, 3.63) is 35.4 Å². The third-order valence-electron chi connectivity index (χ3n) is 6.44. The van der Waals surface area contributed by atoms with Crippen LogP contribution in [0.25, 0.3) is 0 Å². The zero-order valence-corrected chi connectivity index (χ0v) is 19.8. The molecule has 1 atom stereocenters. The number of sulfone groups is 1. The van der Waals surface area contributed by atoms with Crippen LogP contribution in [0.4, 0.5) is 0 Å². The minimum atomic E-state index is -3.06. The second kappa shape index (κ2) is 9.69. The van der Waals surface area contributed by atoms with E-state index in [1.54, 1.807) is 13.8 Å². The monoisotopic (exact) mass is 434 g/mol. The van der Waals surface area contributed by atoms with Gasteiger partial charge in [-0.05, 0) is 58.2 Å². The lowest BCUT2D eigenvalue weighted by atomic mass is 10.0. The molecule has 2 aliphatic heterocycles. The smallest absolute Gasteiger partial charge is 0.194 e. The van der Waals surface area contributed by atoms with Crippen molar-refractivity contribution in [2.45, 2.75) is 70.8 Å². The summed E-state index contributed by atoms with van der Waals surface area (Å²) < 4.78 is 23.9. The molecule has 6 nitrogen and oxygen atoms in total. The number of likely N-dealkylation sites (tertiary alicyclic amines) is 1. The first-order valence-corrected chi connectivity index (χ1v) is 12.9. The van der Waals surface area contributed by atoms with Crippen LogP contribution >= 0.6 is 0 Å². The van der Waals surface area contributed by atoms with E-state index in [-0.39, 0.29) is 5.75 Å². The van der Waals surface area contributed by atoms with Gasteiger partial charge in [0.25, 0.3) is 0 Å². The number of benzene rings is 1. The number of nitrogens with one attached hydrogen (secondary N) is 1. The summed E-state index contributed by atoms with van der Waals surface area (Å²) in [6.45, 7) is 12.5. The minimum absolute atomic E-state index is 0.175. The van der Waals surface area contributed by atoms with Crippen LogP contribution in [-0.2, 0) is 22.9 Å². The Hall–Kier alpha value is -1.60. The summed E-state index contributed by atoms with van der Waals surface area (Å²) in [6, 6.07) is 9.44. The maximum atomic E-state index is 12.3. The van der Waals surface area contributed by atoms with Crippen molar-refractivity contribution in [3.8, 4) is 0 Å². The summed E-state index contributed by atoms with van der Waals surface area (Å²) in [6.07, 6.45) is 3.95. The Morgan fingerprint density at radius 3 is 2.50 bits per heavy atom. The second-order valence-electron chi connectivity index (χ2n) is 9.30. The molecule has 2 fully saturated rings. The van der Waals surface area contributed by atoms with Crippen LogP contribution < -0.4 is 5.32 Å².